The number of carbonyl (C=O) groups excluding carboxylic acids is 1. The monoisotopic (exact) mass is 531 g/mol. The molecule has 3 aromatic carbocycles. The highest BCUT2D eigenvalue weighted by Crippen LogP contribution is 2.37. The second kappa shape index (κ2) is 8.10. The van der Waals surface area contributed by atoms with E-state index in [2.05, 4.69) is 21.2 Å². The first-order chi connectivity index (χ1) is 15.3. The molecule has 0 spiro atoms. The summed E-state index contributed by atoms with van der Waals surface area (Å²) in [6.45, 7) is 0.680. The minimum Gasteiger partial charge on any atom is -0.307 e. The number of amides is 2. The quantitative estimate of drug-likeness (QED) is 0.464. The Morgan fingerprint density at radius 1 is 0.969 bits per heavy atom. The molecule has 0 radical (unpaired) electrons. The van der Waals surface area contributed by atoms with Crippen LogP contribution in [0.15, 0.2) is 70.0 Å². The molecule has 1 N–H and O–H groups in total. The first-order valence-corrected chi connectivity index (χ1v) is 12.7. The third-order valence-electron chi connectivity index (χ3n) is 5.75. The summed E-state index contributed by atoms with van der Waals surface area (Å²) in [7, 11) is -3.83. The molecule has 5 rings (SSSR count). The van der Waals surface area contributed by atoms with Gasteiger partial charge in [0, 0.05) is 16.7 Å². The smallest absolute Gasteiger partial charge is 0.307 e. The molecule has 0 fully saturated rings. The molecule has 164 valence electrons. The Morgan fingerprint density at radius 3 is 2.62 bits per heavy atom. The van der Waals surface area contributed by atoms with E-state index in [0.717, 1.165) is 34.1 Å². The Labute approximate surface area is 200 Å². The van der Waals surface area contributed by atoms with E-state index in [1.54, 1.807) is 0 Å². The standard InChI is InChI=1S/C23H19BrClN3O3S/c24-17-7-10-20-16(12-17)14-27(23(29)26-20)22-13-18(8-9-19(22)25)32(30,31)28-11-3-5-15-4-1-2-6-21(15)28/h1-2,4,6-10,12-13H,3,5,11,14H2,(H,26,29). The predicted octanol–water partition coefficient (Wildman–Crippen LogP) is 5.80. The number of nitrogens with one attached hydrogen (secondary N) is 1. The zero-order valence-corrected chi connectivity index (χ0v) is 20.0. The van der Waals surface area contributed by atoms with Gasteiger partial charge in [-0.05, 0) is 66.4 Å². The van der Waals surface area contributed by atoms with Gasteiger partial charge in [-0.2, -0.15) is 0 Å². The number of rotatable bonds is 3. The van der Waals surface area contributed by atoms with E-state index in [-0.39, 0.29) is 17.5 Å². The first kappa shape index (κ1) is 21.3. The van der Waals surface area contributed by atoms with E-state index >= 15 is 0 Å². The number of carbonyl (C=O) groups is 1. The van der Waals surface area contributed by atoms with E-state index in [0.29, 0.717) is 22.9 Å². The molecule has 0 bridgehead atoms. The summed E-state index contributed by atoms with van der Waals surface area (Å²) in [4.78, 5) is 14.4. The first-order valence-electron chi connectivity index (χ1n) is 10.1. The molecule has 9 heteroatoms. The van der Waals surface area contributed by atoms with Gasteiger partial charge >= 0.3 is 6.03 Å². The van der Waals surface area contributed by atoms with Crippen molar-refractivity contribution in [3.8, 4) is 0 Å². The number of halogens is 2. The average Bonchev–Trinajstić information content (AvgIpc) is 2.79. The molecule has 2 heterocycles. The lowest BCUT2D eigenvalue weighted by molar-refractivity contribution is 0.256. The largest absolute Gasteiger partial charge is 0.326 e. The fraction of sp³-hybridized carbons (Fsp3) is 0.174. The van der Waals surface area contributed by atoms with Crippen molar-refractivity contribution in [2.75, 3.05) is 21.1 Å². The van der Waals surface area contributed by atoms with Crippen LogP contribution in [0.25, 0.3) is 0 Å². The van der Waals surface area contributed by atoms with Crippen molar-refractivity contribution < 1.29 is 13.2 Å². The van der Waals surface area contributed by atoms with Gasteiger partial charge in [0.05, 0.1) is 27.8 Å². The van der Waals surface area contributed by atoms with E-state index < -0.39 is 10.0 Å². The molecule has 32 heavy (non-hydrogen) atoms. The molecular formula is C23H19BrClN3O3S. The number of sulfonamides is 1. The zero-order valence-electron chi connectivity index (χ0n) is 16.9. The molecule has 2 aliphatic heterocycles. The van der Waals surface area contributed by atoms with Crippen LogP contribution in [0.2, 0.25) is 5.02 Å². The highest BCUT2D eigenvalue weighted by Gasteiger charge is 2.31. The predicted molar refractivity (Wildman–Crippen MR) is 130 cm³/mol. The molecule has 3 aromatic rings. The fourth-order valence-corrected chi connectivity index (χ4v) is 6.36. The van der Waals surface area contributed by atoms with Crippen molar-refractivity contribution in [2.24, 2.45) is 0 Å². The maximum atomic E-state index is 13.6. The summed E-state index contributed by atoms with van der Waals surface area (Å²) in [5.74, 6) is 0. The molecule has 0 aliphatic carbocycles. The van der Waals surface area contributed by atoms with E-state index in [1.807, 2.05) is 42.5 Å². The van der Waals surface area contributed by atoms with Crippen LogP contribution in [0.1, 0.15) is 17.5 Å². The van der Waals surface area contributed by atoms with Crippen LogP contribution in [-0.2, 0) is 23.0 Å². The minimum absolute atomic E-state index is 0.0986. The van der Waals surface area contributed by atoms with Crippen molar-refractivity contribution in [3.63, 3.8) is 0 Å². The van der Waals surface area contributed by atoms with Crippen molar-refractivity contribution in [1.29, 1.82) is 0 Å². The van der Waals surface area contributed by atoms with Crippen molar-refractivity contribution in [1.82, 2.24) is 0 Å². The van der Waals surface area contributed by atoms with Gasteiger partial charge in [-0.15, -0.1) is 0 Å². The van der Waals surface area contributed by atoms with Gasteiger partial charge in [0.2, 0.25) is 0 Å². The van der Waals surface area contributed by atoms with E-state index in [1.165, 1.54) is 27.4 Å². The Kier molecular flexibility index (Phi) is 5.39. The molecule has 0 saturated carbocycles. The number of aryl methyl sites for hydroxylation is 1. The van der Waals surface area contributed by atoms with Gasteiger partial charge in [0.15, 0.2) is 0 Å². The number of fused-ring (bicyclic) bond motifs is 2. The molecule has 6 nitrogen and oxygen atoms in total. The van der Waals surface area contributed by atoms with Crippen LogP contribution in [0, 0.1) is 0 Å². The lowest BCUT2D eigenvalue weighted by Crippen LogP contribution is -2.39. The maximum absolute atomic E-state index is 13.6. The summed E-state index contributed by atoms with van der Waals surface area (Å²) in [6, 6.07) is 17.3. The molecule has 2 amide bonds. The van der Waals surface area contributed by atoms with Crippen LogP contribution in [0.5, 0.6) is 0 Å². The molecule has 2 aliphatic rings. The van der Waals surface area contributed by atoms with Crippen molar-refractivity contribution >= 4 is 60.6 Å². The van der Waals surface area contributed by atoms with Crippen LogP contribution < -0.4 is 14.5 Å². The highest BCUT2D eigenvalue weighted by molar-refractivity contribution is 9.10. The van der Waals surface area contributed by atoms with Gasteiger partial charge in [-0.25, -0.2) is 13.2 Å². The van der Waals surface area contributed by atoms with E-state index in [4.69, 9.17) is 11.6 Å². The van der Waals surface area contributed by atoms with Crippen molar-refractivity contribution in [3.05, 3.63) is 81.3 Å². The summed E-state index contributed by atoms with van der Waals surface area (Å²) in [5.41, 5.74) is 3.67. The number of nitrogens with zero attached hydrogens (tertiary/aromatic N) is 2. The normalized spacial score (nSPS) is 15.8. The number of anilines is 3. The third kappa shape index (κ3) is 3.66. The second-order valence-electron chi connectivity index (χ2n) is 7.74. The Balaban J connectivity index is 1.54. The number of benzene rings is 3. The SMILES string of the molecule is O=C1Nc2ccc(Br)cc2CN1c1cc(S(=O)(=O)N2CCCc3ccccc32)ccc1Cl. The number of urea groups is 1. The molecule has 0 aromatic heterocycles. The Bertz CT molecular complexity index is 1350. The zero-order chi connectivity index (χ0) is 22.5. The Hall–Kier alpha value is -2.55. The summed E-state index contributed by atoms with van der Waals surface area (Å²) >= 11 is 9.88. The third-order valence-corrected chi connectivity index (χ3v) is 8.37. The average molecular weight is 533 g/mol. The van der Waals surface area contributed by atoms with Crippen LogP contribution in [0.4, 0.5) is 21.9 Å². The van der Waals surface area contributed by atoms with Crippen LogP contribution >= 0.6 is 27.5 Å². The number of hydrogen-bond acceptors (Lipinski definition) is 3. The van der Waals surface area contributed by atoms with Gasteiger partial charge in [0.25, 0.3) is 10.0 Å². The molecule has 0 saturated heterocycles. The highest BCUT2D eigenvalue weighted by atomic mass is 79.9. The molecular weight excluding hydrogens is 514 g/mol. The van der Waals surface area contributed by atoms with Crippen molar-refractivity contribution in [2.45, 2.75) is 24.3 Å². The van der Waals surface area contributed by atoms with Gasteiger partial charge in [-0.1, -0.05) is 45.7 Å². The summed E-state index contributed by atoms with van der Waals surface area (Å²) in [6.07, 6.45) is 1.59. The lowest BCUT2D eigenvalue weighted by atomic mass is 10.0. The summed E-state index contributed by atoms with van der Waals surface area (Å²) < 4.78 is 29.5. The number of hydrogen-bond donors (Lipinski definition) is 1. The second-order valence-corrected chi connectivity index (χ2v) is 10.9. The number of para-hydroxylation sites is 1. The maximum Gasteiger partial charge on any atom is 0.326 e. The van der Waals surface area contributed by atoms with Crippen LogP contribution in [-0.4, -0.2) is 21.0 Å². The van der Waals surface area contributed by atoms with Gasteiger partial charge < -0.3 is 5.32 Å². The van der Waals surface area contributed by atoms with E-state index in [9.17, 15) is 13.2 Å². The molecule has 0 unspecified atom stereocenters. The van der Waals surface area contributed by atoms with Crippen LogP contribution in [0.3, 0.4) is 0 Å². The van der Waals surface area contributed by atoms with Gasteiger partial charge in [-0.3, -0.25) is 9.21 Å². The lowest BCUT2D eigenvalue weighted by Gasteiger charge is -2.32. The van der Waals surface area contributed by atoms with Gasteiger partial charge in [0.1, 0.15) is 0 Å². The topological polar surface area (TPSA) is 69.7 Å². The molecule has 0 atom stereocenters. The Morgan fingerprint density at radius 2 is 1.78 bits per heavy atom. The fourth-order valence-electron chi connectivity index (χ4n) is 4.17. The summed E-state index contributed by atoms with van der Waals surface area (Å²) in [5, 5.41) is 3.15. The minimum atomic E-state index is -3.83.